The number of hydrogen-bond donors (Lipinski definition) is 2. The molecule has 2 rings (SSSR count). The standard InChI is InChI=1S/C20H21NO5/c1-26-17-11-7-15(8-12-17)18(22)3-2-4-19(23)21-16-9-5-14(6-10-16)13-20(24)25/h5-12H,2-4,13H2,1H3,(H,21,23)(H,24,25). The van der Waals surface area contributed by atoms with E-state index in [9.17, 15) is 14.4 Å². The van der Waals surface area contributed by atoms with E-state index >= 15 is 0 Å². The average molecular weight is 355 g/mol. The molecule has 0 unspecified atom stereocenters. The van der Waals surface area contributed by atoms with Crippen molar-refractivity contribution in [3.05, 3.63) is 59.7 Å². The van der Waals surface area contributed by atoms with Crippen molar-refractivity contribution < 1.29 is 24.2 Å². The third-order valence-corrected chi connectivity index (χ3v) is 3.81. The molecule has 2 aromatic carbocycles. The molecular formula is C20H21NO5. The Balaban J connectivity index is 1.75. The summed E-state index contributed by atoms with van der Waals surface area (Å²) in [5.74, 6) is -0.407. The number of anilines is 1. The summed E-state index contributed by atoms with van der Waals surface area (Å²) in [5, 5.41) is 11.5. The van der Waals surface area contributed by atoms with Gasteiger partial charge in [-0.1, -0.05) is 12.1 Å². The molecule has 0 saturated heterocycles. The van der Waals surface area contributed by atoms with E-state index in [1.54, 1.807) is 55.6 Å². The number of nitrogens with one attached hydrogen (secondary N) is 1. The Hall–Kier alpha value is -3.15. The van der Waals surface area contributed by atoms with Crippen molar-refractivity contribution in [3.8, 4) is 5.75 Å². The monoisotopic (exact) mass is 355 g/mol. The molecule has 0 bridgehead atoms. The smallest absolute Gasteiger partial charge is 0.307 e. The molecule has 1 amide bonds. The van der Waals surface area contributed by atoms with Gasteiger partial charge in [-0.25, -0.2) is 0 Å². The van der Waals surface area contributed by atoms with Gasteiger partial charge in [0.15, 0.2) is 5.78 Å². The molecule has 0 aliphatic rings. The average Bonchev–Trinajstić information content (AvgIpc) is 2.63. The highest BCUT2D eigenvalue weighted by Crippen LogP contribution is 2.15. The molecule has 0 saturated carbocycles. The van der Waals surface area contributed by atoms with Crippen LogP contribution in [0.25, 0.3) is 0 Å². The van der Waals surface area contributed by atoms with E-state index < -0.39 is 5.97 Å². The summed E-state index contributed by atoms with van der Waals surface area (Å²) in [4.78, 5) is 34.7. The Labute approximate surface area is 151 Å². The Morgan fingerprint density at radius 1 is 0.962 bits per heavy atom. The van der Waals surface area contributed by atoms with E-state index in [0.717, 1.165) is 0 Å². The maximum absolute atomic E-state index is 12.1. The second kappa shape index (κ2) is 9.36. The third kappa shape index (κ3) is 6.05. The number of carboxylic acid groups (broad SMARTS) is 1. The van der Waals surface area contributed by atoms with Crippen LogP contribution in [0, 0.1) is 0 Å². The van der Waals surface area contributed by atoms with E-state index in [4.69, 9.17) is 9.84 Å². The van der Waals surface area contributed by atoms with Crippen molar-refractivity contribution in [1.29, 1.82) is 0 Å². The normalized spacial score (nSPS) is 10.2. The molecule has 0 aliphatic carbocycles. The Morgan fingerprint density at radius 2 is 1.62 bits per heavy atom. The fraction of sp³-hybridized carbons (Fsp3) is 0.250. The van der Waals surface area contributed by atoms with Gasteiger partial charge in [0, 0.05) is 24.1 Å². The molecule has 0 spiro atoms. The number of carboxylic acids is 1. The Morgan fingerprint density at radius 3 is 2.19 bits per heavy atom. The molecule has 0 heterocycles. The summed E-state index contributed by atoms with van der Waals surface area (Å²) < 4.78 is 5.05. The van der Waals surface area contributed by atoms with Crippen LogP contribution in [-0.2, 0) is 16.0 Å². The number of rotatable bonds is 9. The van der Waals surface area contributed by atoms with E-state index in [2.05, 4.69) is 5.32 Å². The second-order valence-corrected chi connectivity index (χ2v) is 5.82. The number of carbonyl (C=O) groups excluding carboxylic acids is 2. The van der Waals surface area contributed by atoms with Crippen LogP contribution in [0.2, 0.25) is 0 Å². The van der Waals surface area contributed by atoms with Gasteiger partial charge in [-0.05, 0) is 48.4 Å². The molecule has 136 valence electrons. The van der Waals surface area contributed by atoms with Gasteiger partial charge in [0.05, 0.1) is 13.5 Å². The minimum Gasteiger partial charge on any atom is -0.497 e. The highest BCUT2D eigenvalue weighted by atomic mass is 16.5. The number of amides is 1. The van der Waals surface area contributed by atoms with E-state index in [1.807, 2.05) is 0 Å². The van der Waals surface area contributed by atoms with E-state index in [-0.39, 0.29) is 31.0 Å². The molecule has 2 N–H and O–H groups in total. The molecule has 0 aliphatic heterocycles. The first-order chi connectivity index (χ1) is 12.5. The van der Waals surface area contributed by atoms with Crippen molar-refractivity contribution in [2.75, 3.05) is 12.4 Å². The van der Waals surface area contributed by atoms with Gasteiger partial charge in [0.1, 0.15) is 5.75 Å². The van der Waals surface area contributed by atoms with E-state index in [0.29, 0.717) is 29.0 Å². The van der Waals surface area contributed by atoms with Gasteiger partial charge in [-0.2, -0.15) is 0 Å². The second-order valence-electron chi connectivity index (χ2n) is 5.82. The van der Waals surface area contributed by atoms with Crippen molar-refractivity contribution in [3.63, 3.8) is 0 Å². The summed E-state index contributed by atoms with van der Waals surface area (Å²) in [7, 11) is 1.56. The van der Waals surface area contributed by atoms with Crippen molar-refractivity contribution in [2.45, 2.75) is 25.7 Å². The predicted octanol–water partition coefficient (Wildman–Crippen LogP) is 3.31. The highest BCUT2D eigenvalue weighted by molar-refractivity contribution is 5.96. The SMILES string of the molecule is COc1ccc(C(=O)CCCC(=O)Nc2ccc(CC(=O)O)cc2)cc1. The number of hydrogen-bond acceptors (Lipinski definition) is 4. The van der Waals surface area contributed by atoms with Crippen LogP contribution in [0.5, 0.6) is 5.75 Å². The molecule has 0 radical (unpaired) electrons. The number of benzene rings is 2. The highest BCUT2D eigenvalue weighted by Gasteiger charge is 2.09. The summed E-state index contributed by atoms with van der Waals surface area (Å²) in [5.41, 5.74) is 1.87. The Bertz CT molecular complexity index is 766. The van der Waals surface area contributed by atoms with Crippen molar-refractivity contribution in [1.82, 2.24) is 0 Å². The lowest BCUT2D eigenvalue weighted by Gasteiger charge is -2.06. The molecule has 26 heavy (non-hydrogen) atoms. The van der Waals surface area contributed by atoms with Gasteiger partial charge in [0.2, 0.25) is 5.91 Å². The number of ether oxygens (including phenoxy) is 1. The number of aliphatic carboxylic acids is 1. The molecule has 2 aromatic rings. The van der Waals surface area contributed by atoms with Crippen molar-refractivity contribution >= 4 is 23.3 Å². The maximum Gasteiger partial charge on any atom is 0.307 e. The fourth-order valence-electron chi connectivity index (χ4n) is 2.43. The maximum atomic E-state index is 12.1. The largest absolute Gasteiger partial charge is 0.497 e. The molecule has 0 fully saturated rings. The molecule has 0 aromatic heterocycles. The van der Waals surface area contributed by atoms with Crippen LogP contribution in [0.1, 0.15) is 35.2 Å². The Kier molecular flexibility index (Phi) is 6.91. The van der Waals surface area contributed by atoms with E-state index in [1.165, 1.54) is 0 Å². The summed E-state index contributed by atoms with van der Waals surface area (Å²) >= 11 is 0. The predicted molar refractivity (Wildman–Crippen MR) is 97.6 cm³/mol. The number of Topliss-reactive ketones (excluding diaryl/α,β-unsaturated/α-hetero) is 1. The number of methoxy groups -OCH3 is 1. The lowest BCUT2D eigenvalue weighted by Crippen LogP contribution is -2.12. The van der Waals surface area contributed by atoms with Crippen LogP contribution in [0.3, 0.4) is 0 Å². The zero-order chi connectivity index (χ0) is 18.9. The zero-order valence-electron chi connectivity index (χ0n) is 14.5. The summed E-state index contributed by atoms with van der Waals surface area (Å²) in [6.07, 6.45) is 0.922. The quantitative estimate of drug-likeness (QED) is 0.673. The summed E-state index contributed by atoms with van der Waals surface area (Å²) in [6, 6.07) is 13.5. The zero-order valence-corrected chi connectivity index (χ0v) is 14.5. The lowest BCUT2D eigenvalue weighted by molar-refractivity contribution is -0.136. The minimum absolute atomic E-state index is 0.0153. The molecular weight excluding hydrogens is 334 g/mol. The van der Waals surface area contributed by atoms with Crippen LogP contribution in [0.4, 0.5) is 5.69 Å². The molecule has 0 atom stereocenters. The van der Waals surface area contributed by atoms with Gasteiger partial charge in [-0.15, -0.1) is 0 Å². The topological polar surface area (TPSA) is 92.7 Å². The molecule has 6 heteroatoms. The first-order valence-electron chi connectivity index (χ1n) is 8.26. The van der Waals surface area contributed by atoms with Gasteiger partial charge in [-0.3, -0.25) is 14.4 Å². The minimum atomic E-state index is -0.900. The van der Waals surface area contributed by atoms with Gasteiger partial charge in [0.25, 0.3) is 0 Å². The first-order valence-corrected chi connectivity index (χ1v) is 8.26. The lowest BCUT2D eigenvalue weighted by atomic mass is 10.1. The fourth-order valence-corrected chi connectivity index (χ4v) is 2.43. The van der Waals surface area contributed by atoms with Crippen LogP contribution in [-0.4, -0.2) is 29.9 Å². The molecule has 6 nitrogen and oxygen atoms in total. The first kappa shape index (κ1) is 19.2. The third-order valence-electron chi connectivity index (χ3n) is 3.81. The summed E-state index contributed by atoms with van der Waals surface area (Å²) in [6.45, 7) is 0. The van der Waals surface area contributed by atoms with Crippen LogP contribution in [0.15, 0.2) is 48.5 Å². The van der Waals surface area contributed by atoms with Gasteiger partial charge < -0.3 is 15.2 Å². The van der Waals surface area contributed by atoms with Crippen LogP contribution < -0.4 is 10.1 Å². The number of ketones is 1. The number of carbonyl (C=O) groups is 3. The van der Waals surface area contributed by atoms with Gasteiger partial charge >= 0.3 is 5.97 Å². The van der Waals surface area contributed by atoms with Crippen LogP contribution >= 0.6 is 0 Å². The van der Waals surface area contributed by atoms with Crippen molar-refractivity contribution in [2.24, 2.45) is 0 Å².